The lowest BCUT2D eigenvalue weighted by molar-refractivity contribution is -0.384. The zero-order valence-electron chi connectivity index (χ0n) is 22.7. The summed E-state index contributed by atoms with van der Waals surface area (Å²) in [6, 6.07) is 3.75. The highest BCUT2D eigenvalue weighted by Crippen LogP contribution is 2.36. The first-order chi connectivity index (χ1) is 19.0. The molecule has 0 saturated carbocycles. The average Bonchev–Trinajstić information content (AvgIpc) is 3.25. The lowest BCUT2D eigenvalue weighted by Gasteiger charge is -2.35. The van der Waals surface area contributed by atoms with E-state index < -0.39 is 16.6 Å². The molecule has 2 atom stereocenters. The van der Waals surface area contributed by atoms with Crippen LogP contribution in [-0.2, 0) is 4.74 Å². The molecule has 13 nitrogen and oxygen atoms in total. The van der Waals surface area contributed by atoms with Crippen LogP contribution in [0.4, 0.5) is 17.1 Å². The minimum absolute atomic E-state index is 0.00960. The van der Waals surface area contributed by atoms with Gasteiger partial charge < -0.3 is 30.3 Å². The number of piperazine rings is 1. The summed E-state index contributed by atoms with van der Waals surface area (Å²) in [4.78, 5) is 47.9. The van der Waals surface area contributed by atoms with Gasteiger partial charge in [-0.2, -0.15) is 0 Å². The third-order valence-electron chi connectivity index (χ3n) is 7.32. The van der Waals surface area contributed by atoms with E-state index in [9.17, 15) is 24.8 Å². The predicted molar refractivity (Wildman–Crippen MR) is 153 cm³/mol. The molecule has 2 saturated heterocycles. The van der Waals surface area contributed by atoms with E-state index in [-0.39, 0.29) is 41.8 Å². The van der Waals surface area contributed by atoms with Crippen LogP contribution in [0.3, 0.4) is 0 Å². The lowest BCUT2D eigenvalue weighted by Crippen LogP contribution is -2.49. The van der Waals surface area contributed by atoms with Gasteiger partial charge in [-0.25, -0.2) is 0 Å². The molecule has 0 bridgehead atoms. The number of anilines is 2. The molecule has 1 aromatic carbocycles. The molecule has 0 aliphatic carbocycles. The Morgan fingerprint density at radius 2 is 1.93 bits per heavy atom. The van der Waals surface area contributed by atoms with E-state index in [1.807, 2.05) is 0 Å². The predicted octanol–water partition coefficient (Wildman–Crippen LogP) is 1.89. The Bertz CT molecular complexity index is 1270. The Morgan fingerprint density at radius 3 is 2.58 bits per heavy atom. The summed E-state index contributed by atoms with van der Waals surface area (Å²) >= 11 is 3.31. The molecular formula is C26H34BrN7O6. The van der Waals surface area contributed by atoms with Gasteiger partial charge in [0.1, 0.15) is 11.3 Å². The van der Waals surface area contributed by atoms with Crippen molar-refractivity contribution in [1.29, 1.82) is 0 Å². The number of hydrogen-bond acceptors (Lipinski definition) is 10. The van der Waals surface area contributed by atoms with Crippen LogP contribution in [0.15, 0.2) is 35.1 Å². The number of aromatic nitrogens is 1. The van der Waals surface area contributed by atoms with Gasteiger partial charge in [-0.1, -0.05) is 15.9 Å². The van der Waals surface area contributed by atoms with E-state index in [2.05, 4.69) is 36.4 Å². The second-order valence-electron chi connectivity index (χ2n) is 10.2. The summed E-state index contributed by atoms with van der Waals surface area (Å²) < 4.78 is 5.53. The number of nitrogens with zero attached hydrogens (tertiary/aromatic N) is 5. The lowest BCUT2D eigenvalue weighted by atomic mass is 9.99. The number of nitro benzene ring substituents is 1. The van der Waals surface area contributed by atoms with Gasteiger partial charge in [0.15, 0.2) is 0 Å². The number of rotatable bonds is 9. The first kappa shape index (κ1) is 29.6. The van der Waals surface area contributed by atoms with Crippen LogP contribution in [0.5, 0.6) is 0 Å². The maximum Gasteiger partial charge on any atom is 0.294 e. The molecule has 2 aliphatic heterocycles. The van der Waals surface area contributed by atoms with Crippen LogP contribution in [0, 0.1) is 10.1 Å². The van der Waals surface area contributed by atoms with Crippen LogP contribution in [-0.4, -0.2) is 120 Å². The first-order valence-corrected chi connectivity index (χ1v) is 13.7. The van der Waals surface area contributed by atoms with Crippen molar-refractivity contribution in [1.82, 2.24) is 19.7 Å². The molecule has 2 fully saturated rings. The molecule has 216 valence electrons. The summed E-state index contributed by atoms with van der Waals surface area (Å²) in [7, 11) is 3.36. The number of pyridine rings is 1. The number of carbonyl (C=O) groups is 2. The SMILES string of the molecule is CNc1cncc(C(=O)N2CC(Nc3c(C(=O)N4CCN(CCOC)CC4)cc(Br)cc3[N+](=O)[O-])C(C)(O)C2)c1. The Morgan fingerprint density at radius 1 is 1.20 bits per heavy atom. The van der Waals surface area contributed by atoms with Crippen molar-refractivity contribution < 1.29 is 24.4 Å². The van der Waals surface area contributed by atoms with E-state index in [1.165, 1.54) is 17.2 Å². The highest BCUT2D eigenvalue weighted by molar-refractivity contribution is 9.10. The van der Waals surface area contributed by atoms with Crippen molar-refractivity contribution in [2.24, 2.45) is 0 Å². The summed E-state index contributed by atoms with van der Waals surface area (Å²) in [5.41, 5.74) is -0.588. The first-order valence-electron chi connectivity index (χ1n) is 12.9. The number of nitrogens with one attached hydrogen (secondary N) is 2. The number of nitro groups is 1. The molecule has 3 N–H and O–H groups in total. The summed E-state index contributed by atoms with van der Waals surface area (Å²) in [5.74, 6) is -0.680. The standard InChI is InChI=1S/C26H34BrN7O6/c1-26(37)16-33(24(35)17-10-19(28-2)14-29-13-17)15-22(26)30-23-20(11-18(27)12-21(23)34(38)39)25(36)32-6-4-31(5-7-32)8-9-40-3/h10-14,22,28,30,37H,4-9,15-16H2,1-3H3. The number of halogens is 1. The van der Waals surface area contributed by atoms with Crippen molar-refractivity contribution in [2.45, 2.75) is 18.6 Å². The van der Waals surface area contributed by atoms with Gasteiger partial charge in [0.2, 0.25) is 0 Å². The number of amides is 2. The molecular weight excluding hydrogens is 586 g/mol. The monoisotopic (exact) mass is 619 g/mol. The van der Waals surface area contributed by atoms with E-state index in [1.54, 1.807) is 44.3 Å². The van der Waals surface area contributed by atoms with Crippen LogP contribution in [0.2, 0.25) is 0 Å². The molecule has 1 aromatic heterocycles. The minimum atomic E-state index is -1.43. The maximum absolute atomic E-state index is 13.7. The van der Waals surface area contributed by atoms with Crippen LogP contribution < -0.4 is 10.6 Å². The molecule has 40 heavy (non-hydrogen) atoms. The van der Waals surface area contributed by atoms with Gasteiger partial charge >= 0.3 is 0 Å². The third-order valence-corrected chi connectivity index (χ3v) is 7.78. The summed E-state index contributed by atoms with van der Waals surface area (Å²) in [6.45, 7) is 5.21. The highest BCUT2D eigenvalue weighted by atomic mass is 79.9. The minimum Gasteiger partial charge on any atom is -0.387 e. The maximum atomic E-state index is 13.7. The molecule has 2 unspecified atom stereocenters. The van der Waals surface area contributed by atoms with Crippen molar-refractivity contribution in [3.63, 3.8) is 0 Å². The number of carbonyl (C=O) groups excluding carboxylic acids is 2. The van der Waals surface area contributed by atoms with Crippen molar-refractivity contribution in [3.8, 4) is 0 Å². The molecule has 0 radical (unpaired) electrons. The zero-order chi connectivity index (χ0) is 29.0. The second kappa shape index (κ2) is 12.5. The number of hydrogen-bond donors (Lipinski definition) is 3. The average molecular weight is 621 g/mol. The molecule has 2 amide bonds. The summed E-state index contributed by atoms with van der Waals surface area (Å²) in [6.07, 6.45) is 3.04. The number of aliphatic hydroxyl groups is 1. The number of methoxy groups -OCH3 is 1. The van der Waals surface area contributed by atoms with Gasteiger partial charge in [0.05, 0.1) is 40.9 Å². The molecule has 4 rings (SSSR count). The van der Waals surface area contributed by atoms with Crippen LogP contribution in [0.25, 0.3) is 0 Å². The zero-order valence-corrected chi connectivity index (χ0v) is 24.3. The quantitative estimate of drug-likeness (QED) is 0.280. The summed E-state index contributed by atoms with van der Waals surface area (Å²) in [5, 5.41) is 29.4. The fourth-order valence-electron chi connectivity index (χ4n) is 5.01. The Labute approximate surface area is 240 Å². The van der Waals surface area contributed by atoms with E-state index in [4.69, 9.17) is 4.74 Å². The van der Waals surface area contributed by atoms with Crippen molar-refractivity contribution >= 4 is 44.8 Å². The number of likely N-dealkylation sites (tertiary alicyclic amines) is 1. The van der Waals surface area contributed by atoms with Gasteiger partial charge in [-0.3, -0.25) is 29.6 Å². The van der Waals surface area contributed by atoms with E-state index in [0.29, 0.717) is 48.5 Å². The fraction of sp³-hybridized carbons (Fsp3) is 0.500. The van der Waals surface area contributed by atoms with Gasteiger partial charge in [0.25, 0.3) is 17.5 Å². The normalized spacial score (nSPS) is 21.4. The molecule has 2 aliphatic rings. The molecule has 3 heterocycles. The Hall–Kier alpha value is -3.33. The Balaban J connectivity index is 1.59. The van der Waals surface area contributed by atoms with Gasteiger partial charge in [-0.05, 0) is 19.1 Å². The van der Waals surface area contributed by atoms with E-state index in [0.717, 1.165) is 6.54 Å². The second-order valence-corrected chi connectivity index (χ2v) is 11.1. The van der Waals surface area contributed by atoms with Crippen molar-refractivity contribution in [3.05, 3.63) is 56.3 Å². The largest absolute Gasteiger partial charge is 0.387 e. The molecule has 14 heteroatoms. The Kier molecular flexibility index (Phi) is 9.23. The topological polar surface area (TPSA) is 153 Å². The molecule has 2 aromatic rings. The van der Waals surface area contributed by atoms with E-state index >= 15 is 0 Å². The van der Waals surface area contributed by atoms with Crippen LogP contribution >= 0.6 is 15.9 Å². The smallest absolute Gasteiger partial charge is 0.294 e. The third kappa shape index (κ3) is 6.52. The molecule has 0 spiro atoms. The van der Waals surface area contributed by atoms with Crippen molar-refractivity contribution in [2.75, 3.05) is 77.2 Å². The van der Waals surface area contributed by atoms with Crippen LogP contribution in [0.1, 0.15) is 27.6 Å². The van der Waals surface area contributed by atoms with Gasteiger partial charge in [0, 0.05) is 76.4 Å². The van der Waals surface area contributed by atoms with Gasteiger partial charge in [-0.15, -0.1) is 0 Å². The highest BCUT2D eigenvalue weighted by Gasteiger charge is 2.45. The number of β-amino-alcohol motifs (C(OH)–C–C–N with tert-alkyl or cyclic N) is 1. The number of benzene rings is 1. The number of ether oxygens (including phenoxy) is 1. The fourth-order valence-corrected chi connectivity index (χ4v) is 5.45.